The van der Waals surface area contributed by atoms with E-state index in [0.717, 1.165) is 25.0 Å². The molecule has 1 aliphatic carbocycles. The van der Waals surface area contributed by atoms with Crippen LogP contribution >= 0.6 is 11.8 Å². The van der Waals surface area contributed by atoms with Gasteiger partial charge in [-0.3, -0.25) is 11.5 Å². The van der Waals surface area contributed by atoms with Crippen molar-refractivity contribution in [1.82, 2.24) is 9.97 Å². The maximum atomic E-state index is 9.10. The molecule has 10 nitrogen and oxygen atoms in total. The Balaban J connectivity index is 2.06. The fraction of sp³-hybridized carbons (Fsp3) is 0.714. The van der Waals surface area contributed by atoms with E-state index in [1.807, 2.05) is 0 Å². The van der Waals surface area contributed by atoms with E-state index in [-0.39, 0.29) is 23.7 Å². The Bertz CT molecular complexity index is 600. The number of ether oxygens (including phenoxy) is 1. The number of hydrogen-bond acceptors (Lipinski definition) is 11. The molecular formula is C14H26N8O2S. The van der Waals surface area contributed by atoms with Crippen molar-refractivity contribution in [2.45, 2.75) is 55.8 Å². The highest BCUT2D eigenvalue weighted by Gasteiger charge is 2.32. The van der Waals surface area contributed by atoms with Crippen molar-refractivity contribution in [3.8, 4) is 0 Å². The molecule has 2 rings (SSSR count). The molecule has 0 amide bonds. The fourth-order valence-corrected chi connectivity index (χ4v) is 3.34. The lowest BCUT2D eigenvalue weighted by Crippen LogP contribution is -2.56. The van der Waals surface area contributed by atoms with E-state index in [1.165, 1.54) is 11.8 Å². The van der Waals surface area contributed by atoms with Gasteiger partial charge in [0.15, 0.2) is 28.3 Å². The molecule has 1 aliphatic rings. The second-order valence-corrected chi connectivity index (χ2v) is 7.12. The van der Waals surface area contributed by atoms with Crippen molar-refractivity contribution in [2.75, 3.05) is 23.4 Å². The van der Waals surface area contributed by atoms with Crippen molar-refractivity contribution in [2.24, 2.45) is 16.6 Å². The van der Waals surface area contributed by atoms with E-state index in [2.05, 4.69) is 27.3 Å². The molecule has 0 aliphatic heterocycles. The van der Waals surface area contributed by atoms with Gasteiger partial charge in [0.1, 0.15) is 0 Å². The lowest BCUT2D eigenvalue weighted by Gasteiger charge is -2.26. The monoisotopic (exact) mass is 370 g/mol. The van der Waals surface area contributed by atoms with E-state index >= 15 is 0 Å². The van der Waals surface area contributed by atoms with E-state index in [0.29, 0.717) is 17.4 Å². The van der Waals surface area contributed by atoms with Crippen LogP contribution in [0.1, 0.15) is 32.6 Å². The summed E-state index contributed by atoms with van der Waals surface area (Å²) in [7, 11) is 0. The van der Waals surface area contributed by atoms with Crippen molar-refractivity contribution in [1.29, 1.82) is 5.53 Å². The highest BCUT2D eigenvalue weighted by Crippen LogP contribution is 2.34. The zero-order valence-electron chi connectivity index (χ0n) is 14.2. The Morgan fingerprint density at radius 1 is 1.44 bits per heavy atom. The summed E-state index contributed by atoms with van der Waals surface area (Å²) in [6.45, 7) is 1.62. The Hall–Kier alpha value is -1.53. The molecule has 2 atom stereocenters. The van der Waals surface area contributed by atoms with Crippen LogP contribution in [0.3, 0.4) is 0 Å². The quantitative estimate of drug-likeness (QED) is 0.161. The van der Waals surface area contributed by atoms with Gasteiger partial charge < -0.3 is 20.9 Å². The molecule has 25 heavy (non-hydrogen) atoms. The molecular weight excluding hydrogens is 344 g/mol. The number of rotatable bonds is 9. The number of thioether (sulfide) groups is 1. The average molecular weight is 370 g/mol. The summed E-state index contributed by atoms with van der Waals surface area (Å²) in [6, 6.07) is 0.0540. The summed E-state index contributed by atoms with van der Waals surface area (Å²) in [5, 5.41) is 16.4. The molecule has 1 heterocycles. The summed E-state index contributed by atoms with van der Waals surface area (Å²) in [4.78, 5) is 8.62. The predicted octanol–water partition coefficient (Wildman–Crippen LogP) is 1.14. The molecule has 11 heteroatoms. The fourth-order valence-electron chi connectivity index (χ4n) is 2.64. The highest BCUT2D eigenvalue weighted by molar-refractivity contribution is 7.99. The number of aliphatic hydroxyl groups excluding tert-OH is 1. The van der Waals surface area contributed by atoms with Gasteiger partial charge in [-0.2, -0.15) is 5.11 Å². The van der Waals surface area contributed by atoms with Crippen LogP contribution in [-0.2, 0) is 4.74 Å². The molecule has 140 valence electrons. The smallest absolute Gasteiger partial charge is 0.193 e. The first-order chi connectivity index (χ1) is 11.9. The van der Waals surface area contributed by atoms with Crippen LogP contribution in [0.25, 0.3) is 0 Å². The molecule has 0 saturated heterocycles. The zero-order valence-corrected chi connectivity index (χ0v) is 15.1. The molecule has 1 aromatic rings. The van der Waals surface area contributed by atoms with Crippen molar-refractivity contribution >= 4 is 29.1 Å². The second kappa shape index (κ2) is 8.72. The Morgan fingerprint density at radius 2 is 2.20 bits per heavy atom. The van der Waals surface area contributed by atoms with Gasteiger partial charge in [-0.05, 0) is 25.7 Å². The van der Waals surface area contributed by atoms with Crippen molar-refractivity contribution in [3.63, 3.8) is 0 Å². The van der Waals surface area contributed by atoms with Gasteiger partial charge >= 0.3 is 0 Å². The first kappa shape index (κ1) is 19.8. The minimum atomic E-state index is -1.54. The van der Waals surface area contributed by atoms with Gasteiger partial charge in [0.25, 0.3) is 0 Å². The van der Waals surface area contributed by atoms with Crippen molar-refractivity contribution < 1.29 is 9.84 Å². The summed E-state index contributed by atoms with van der Waals surface area (Å²) in [5.74, 6) is -0.0307. The maximum absolute atomic E-state index is 9.10. The number of nitrogens with one attached hydrogen (secondary N) is 2. The zero-order chi connectivity index (χ0) is 18.4. The SMILES string of the molecule is CCCSc1nc(N)c(N=N)c(NC2CCC(OC(N)(N)CO)C2)n1. The molecule has 0 radical (unpaired) electrons. The van der Waals surface area contributed by atoms with Gasteiger partial charge in [-0.1, -0.05) is 18.7 Å². The number of nitrogens with zero attached hydrogens (tertiary/aromatic N) is 3. The number of anilines is 2. The average Bonchev–Trinajstić information content (AvgIpc) is 2.99. The largest absolute Gasteiger partial charge is 0.390 e. The van der Waals surface area contributed by atoms with Crippen LogP contribution in [0, 0.1) is 5.53 Å². The second-order valence-electron chi connectivity index (χ2n) is 6.06. The standard InChI is InChI=1S/C14H26N8O2S/c1-2-5-25-13-20-11(15)10(22-18)12(21-13)19-8-3-4-9(6-8)24-14(16,17)7-23/h8-9,18,23H,2-7,16-17H2,1H3,(H3,15,19,20,21). The van der Waals surface area contributed by atoms with Crippen LogP contribution in [-0.4, -0.2) is 45.4 Å². The number of aliphatic hydroxyl groups is 1. The maximum Gasteiger partial charge on any atom is 0.193 e. The normalized spacial score (nSPS) is 20.6. The number of aromatic nitrogens is 2. The number of nitrogen functional groups attached to an aromatic ring is 1. The lowest BCUT2D eigenvalue weighted by molar-refractivity contribution is -0.110. The van der Waals surface area contributed by atoms with Gasteiger partial charge in [0.05, 0.1) is 12.7 Å². The summed E-state index contributed by atoms with van der Waals surface area (Å²) in [5.41, 5.74) is 24.7. The minimum absolute atomic E-state index is 0.0540. The van der Waals surface area contributed by atoms with Gasteiger partial charge in [-0.25, -0.2) is 15.5 Å². The van der Waals surface area contributed by atoms with Gasteiger partial charge in [-0.15, -0.1) is 0 Å². The lowest BCUT2D eigenvalue weighted by atomic mass is 10.2. The van der Waals surface area contributed by atoms with E-state index in [1.54, 1.807) is 0 Å². The van der Waals surface area contributed by atoms with Crippen LogP contribution < -0.4 is 22.5 Å². The third-order valence-corrected chi connectivity index (χ3v) is 4.85. The summed E-state index contributed by atoms with van der Waals surface area (Å²) >= 11 is 1.51. The highest BCUT2D eigenvalue weighted by atomic mass is 32.2. The Morgan fingerprint density at radius 3 is 2.84 bits per heavy atom. The molecule has 9 N–H and O–H groups in total. The molecule has 0 spiro atoms. The minimum Gasteiger partial charge on any atom is -0.390 e. The predicted molar refractivity (Wildman–Crippen MR) is 96.6 cm³/mol. The Labute approximate surface area is 150 Å². The van der Waals surface area contributed by atoms with E-state index in [4.69, 9.17) is 32.6 Å². The van der Waals surface area contributed by atoms with Crippen LogP contribution in [0.4, 0.5) is 17.3 Å². The third-order valence-electron chi connectivity index (χ3n) is 3.80. The van der Waals surface area contributed by atoms with Crippen LogP contribution in [0.5, 0.6) is 0 Å². The van der Waals surface area contributed by atoms with Gasteiger partial charge in [0, 0.05) is 11.8 Å². The molecule has 2 unspecified atom stereocenters. The first-order valence-electron chi connectivity index (χ1n) is 8.19. The summed E-state index contributed by atoms with van der Waals surface area (Å²) in [6.07, 6.45) is 3.04. The molecule has 0 aromatic carbocycles. The Kier molecular flexibility index (Phi) is 6.90. The molecule has 1 aromatic heterocycles. The van der Waals surface area contributed by atoms with Crippen molar-refractivity contribution in [3.05, 3.63) is 0 Å². The van der Waals surface area contributed by atoms with Crippen LogP contribution in [0.2, 0.25) is 0 Å². The van der Waals surface area contributed by atoms with E-state index in [9.17, 15) is 0 Å². The number of nitrogens with two attached hydrogens (primary N) is 3. The van der Waals surface area contributed by atoms with Crippen LogP contribution in [0.15, 0.2) is 10.3 Å². The first-order valence-corrected chi connectivity index (χ1v) is 9.17. The van der Waals surface area contributed by atoms with Gasteiger partial charge in [0.2, 0.25) is 0 Å². The molecule has 1 saturated carbocycles. The summed E-state index contributed by atoms with van der Waals surface area (Å²) < 4.78 is 5.52. The molecule has 0 bridgehead atoms. The van der Waals surface area contributed by atoms with E-state index < -0.39 is 12.5 Å². The molecule has 1 fully saturated rings. The third kappa shape index (κ3) is 5.47. The number of hydrogen-bond donors (Lipinski definition) is 6. The topological polar surface area (TPSA) is 182 Å².